The predicted molar refractivity (Wildman–Crippen MR) is 107 cm³/mol. The molecule has 0 N–H and O–H groups in total. The van der Waals surface area contributed by atoms with Crippen LogP contribution in [0.3, 0.4) is 0 Å². The van der Waals surface area contributed by atoms with Gasteiger partial charge in [0.1, 0.15) is 0 Å². The van der Waals surface area contributed by atoms with Gasteiger partial charge < -0.3 is 0 Å². The number of alkyl halides is 1. The Labute approximate surface area is 156 Å². The van der Waals surface area contributed by atoms with Crippen molar-refractivity contribution in [3.05, 3.63) is 48.1 Å². The lowest BCUT2D eigenvalue weighted by molar-refractivity contribution is 0.231. The summed E-state index contributed by atoms with van der Waals surface area (Å²) in [5.41, 5.74) is 3.58. The molecule has 4 aliphatic rings. The molecular formula is C23H31Br. The molecule has 0 amide bonds. The van der Waals surface area contributed by atoms with E-state index in [0.717, 1.165) is 28.5 Å². The fourth-order valence-electron chi connectivity index (χ4n) is 6.39. The molecule has 0 spiro atoms. The van der Waals surface area contributed by atoms with Gasteiger partial charge in [0.25, 0.3) is 0 Å². The van der Waals surface area contributed by atoms with Crippen molar-refractivity contribution in [2.75, 3.05) is 0 Å². The highest BCUT2D eigenvalue weighted by Crippen LogP contribution is 2.59. The third kappa shape index (κ3) is 2.71. The molecule has 4 aliphatic carbocycles. The number of hydrogen-bond acceptors (Lipinski definition) is 0. The van der Waals surface area contributed by atoms with Crippen LogP contribution < -0.4 is 0 Å². The van der Waals surface area contributed by atoms with Crippen LogP contribution in [0.15, 0.2) is 48.1 Å². The van der Waals surface area contributed by atoms with Crippen molar-refractivity contribution < 1.29 is 0 Å². The third-order valence-corrected chi connectivity index (χ3v) is 8.07. The lowest BCUT2D eigenvalue weighted by Gasteiger charge is -2.42. The van der Waals surface area contributed by atoms with Crippen LogP contribution in [-0.4, -0.2) is 4.83 Å². The second-order valence-corrected chi connectivity index (χ2v) is 9.64. The Morgan fingerprint density at radius 3 is 2.79 bits per heavy atom. The Morgan fingerprint density at radius 2 is 2.04 bits per heavy atom. The van der Waals surface area contributed by atoms with Crippen molar-refractivity contribution in [2.24, 2.45) is 35.5 Å². The molecule has 0 saturated heterocycles. The Bertz CT molecular complexity index is 581. The van der Waals surface area contributed by atoms with Crippen molar-refractivity contribution in [1.29, 1.82) is 0 Å². The van der Waals surface area contributed by atoms with Crippen LogP contribution >= 0.6 is 15.9 Å². The van der Waals surface area contributed by atoms with E-state index in [2.05, 4.69) is 59.8 Å². The zero-order chi connectivity index (χ0) is 16.7. The smallest absolute Gasteiger partial charge is 0.0151 e. The maximum Gasteiger partial charge on any atom is 0.0151 e. The molecule has 1 heteroatoms. The Balaban J connectivity index is 1.67. The Morgan fingerprint density at radius 1 is 1.17 bits per heavy atom. The van der Waals surface area contributed by atoms with Gasteiger partial charge >= 0.3 is 0 Å². The summed E-state index contributed by atoms with van der Waals surface area (Å²) in [5.74, 6) is 4.55. The van der Waals surface area contributed by atoms with E-state index >= 15 is 0 Å². The number of rotatable bonds is 3. The van der Waals surface area contributed by atoms with Gasteiger partial charge in [-0.05, 0) is 75.0 Å². The maximum atomic E-state index is 4.20. The average Bonchev–Trinajstić information content (AvgIpc) is 2.90. The van der Waals surface area contributed by atoms with Crippen LogP contribution in [0.1, 0.15) is 51.9 Å². The first-order valence-corrected chi connectivity index (χ1v) is 11.0. The molecule has 0 heterocycles. The molecule has 24 heavy (non-hydrogen) atoms. The molecule has 7 unspecified atom stereocenters. The largest absolute Gasteiger partial charge is 0.102 e. The average molecular weight is 387 g/mol. The van der Waals surface area contributed by atoms with E-state index in [4.69, 9.17) is 0 Å². The van der Waals surface area contributed by atoms with Crippen molar-refractivity contribution in [3.63, 3.8) is 0 Å². The van der Waals surface area contributed by atoms with E-state index in [1.165, 1.54) is 44.9 Å². The number of allylic oxidation sites excluding steroid dienone is 7. The molecular weight excluding hydrogens is 356 g/mol. The van der Waals surface area contributed by atoms with E-state index < -0.39 is 0 Å². The summed E-state index contributed by atoms with van der Waals surface area (Å²) in [5, 5.41) is 0. The minimum atomic E-state index is 0.585. The summed E-state index contributed by atoms with van der Waals surface area (Å²) in [6, 6.07) is 0. The van der Waals surface area contributed by atoms with Crippen LogP contribution in [0.4, 0.5) is 0 Å². The molecule has 4 rings (SSSR count). The Kier molecular flexibility index (Phi) is 4.91. The summed E-state index contributed by atoms with van der Waals surface area (Å²) in [7, 11) is 0. The van der Waals surface area contributed by atoms with Crippen molar-refractivity contribution in [3.8, 4) is 0 Å². The van der Waals surface area contributed by atoms with Gasteiger partial charge in [0.15, 0.2) is 0 Å². The molecule has 7 atom stereocenters. The topological polar surface area (TPSA) is 0 Å². The molecule has 0 bridgehead atoms. The van der Waals surface area contributed by atoms with E-state index in [-0.39, 0.29) is 0 Å². The molecule has 0 aromatic carbocycles. The van der Waals surface area contributed by atoms with Gasteiger partial charge in [-0.1, -0.05) is 63.9 Å². The quantitative estimate of drug-likeness (QED) is 0.367. The molecule has 130 valence electrons. The third-order valence-electron chi connectivity index (χ3n) is 7.24. The molecule has 2 fully saturated rings. The highest BCUT2D eigenvalue weighted by atomic mass is 79.9. The van der Waals surface area contributed by atoms with Gasteiger partial charge in [-0.2, -0.15) is 0 Å². The fraction of sp³-hybridized carbons (Fsp3) is 0.652. The lowest BCUT2D eigenvalue weighted by atomic mass is 9.63. The fourth-order valence-corrected chi connectivity index (χ4v) is 7.17. The highest BCUT2D eigenvalue weighted by molar-refractivity contribution is 9.09. The van der Waals surface area contributed by atoms with Crippen LogP contribution in [0, 0.1) is 35.5 Å². The first kappa shape index (κ1) is 16.9. The molecule has 2 saturated carbocycles. The van der Waals surface area contributed by atoms with E-state index in [1.807, 2.05) is 5.57 Å². The summed E-state index contributed by atoms with van der Waals surface area (Å²) in [6.07, 6.45) is 21.8. The second kappa shape index (κ2) is 6.98. The molecule has 0 aromatic rings. The maximum absolute atomic E-state index is 4.20. The monoisotopic (exact) mass is 386 g/mol. The molecule has 0 aliphatic heterocycles. The normalized spacial score (nSPS) is 44.8. The Hall–Kier alpha value is -0.560. The van der Waals surface area contributed by atoms with Crippen LogP contribution in [-0.2, 0) is 0 Å². The summed E-state index contributed by atoms with van der Waals surface area (Å²) >= 11 is 3.91. The SMILES string of the molecule is C=CC1C2=CCCC3C(C4CCCC(Br)C4)=CCC(C1/C=C\C)C23. The van der Waals surface area contributed by atoms with Crippen LogP contribution in [0.25, 0.3) is 0 Å². The predicted octanol–water partition coefficient (Wildman–Crippen LogP) is 6.85. The summed E-state index contributed by atoms with van der Waals surface area (Å²) in [4.78, 5) is 0.744. The van der Waals surface area contributed by atoms with E-state index in [1.54, 1.807) is 5.57 Å². The van der Waals surface area contributed by atoms with Crippen LogP contribution in [0.5, 0.6) is 0 Å². The van der Waals surface area contributed by atoms with Gasteiger partial charge in [-0.15, -0.1) is 6.58 Å². The van der Waals surface area contributed by atoms with Gasteiger partial charge in [-0.25, -0.2) is 0 Å². The zero-order valence-electron chi connectivity index (χ0n) is 15.0. The van der Waals surface area contributed by atoms with Crippen molar-refractivity contribution in [2.45, 2.75) is 56.7 Å². The van der Waals surface area contributed by atoms with Crippen molar-refractivity contribution in [1.82, 2.24) is 0 Å². The number of halogens is 1. The lowest BCUT2D eigenvalue weighted by Crippen LogP contribution is -2.33. The van der Waals surface area contributed by atoms with Crippen molar-refractivity contribution >= 4 is 15.9 Å². The molecule has 0 nitrogen and oxygen atoms in total. The molecule has 0 radical (unpaired) electrons. The summed E-state index contributed by atoms with van der Waals surface area (Å²) in [6.45, 7) is 6.38. The van der Waals surface area contributed by atoms with E-state index in [0.29, 0.717) is 11.8 Å². The highest BCUT2D eigenvalue weighted by Gasteiger charge is 2.51. The zero-order valence-corrected chi connectivity index (χ0v) is 16.5. The van der Waals surface area contributed by atoms with Gasteiger partial charge in [-0.3, -0.25) is 0 Å². The minimum Gasteiger partial charge on any atom is -0.102 e. The van der Waals surface area contributed by atoms with E-state index in [9.17, 15) is 0 Å². The van der Waals surface area contributed by atoms with Gasteiger partial charge in [0, 0.05) is 10.7 Å². The van der Waals surface area contributed by atoms with Gasteiger partial charge in [0.2, 0.25) is 0 Å². The second-order valence-electron chi connectivity index (χ2n) is 8.34. The first-order valence-electron chi connectivity index (χ1n) is 10.0. The van der Waals surface area contributed by atoms with Gasteiger partial charge in [0.05, 0.1) is 0 Å². The standard InChI is InChI=1S/C23H31Br/c1-3-7-19-17(4-2)20-10-6-11-21-18(12-13-22(19)23(20)21)15-8-5-9-16(24)14-15/h3-4,7,10,12,15-17,19,21-23H,2,5-6,8-9,11,13-14H2,1H3/b7-3-. The van der Waals surface area contributed by atoms with Crippen LogP contribution in [0.2, 0.25) is 0 Å². The number of hydrogen-bond donors (Lipinski definition) is 0. The summed E-state index contributed by atoms with van der Waals surface area (Å²) < 4.78 is 0. The minimum absolute atomic E-state index is 0.585. The molecule has 0 aromatic heterocycles. The first-order chi connectivity index (χ1) is 11.7.